The largest absolute Gasteiger partial charge is 0.550 e. The molecule has 1 saturated heterocycles. The molecule has 0 spiro atoms. The third kappa shape index (κ3) is 8.73. The van der Waals surface area contributed by atoms with E-state index in [1.165, 1.54) is 0 Å². The Bertz CT molecular complexity index is 385. The van der Waals surface area contributed by atoms with E-state index >= 15 is 0 Å². The van der Waals surface area contributed by atoms with E-state index in [0.29, 0.717) is 19.4 Å². The number of hydrogen-bond acceptors (Lipinski definition) is 7. The lowest BCUT2D eigenvalue weighted by molar-refractivity contribution is -0.304. The van der Waals surface area contributed by atoms with Gasteiger partial charge in [0.15, 0.2) is 6.29 Å². The van der Waals surface area contributed by atoms with E-state index < -0.39 is 30.9 Å². The highest BCUT2D eigenvalue weighted by Gasteiger charge is 2.34. The van der Waals surface area contributed by atoms with Gasteiger partial charge in [0.05, 0.1) is 12.2 Å². The molecule has 1 aliphatic heterocycles. The number of aliphatic hydroxyl groups is 2. The minimum absolute atomic E-state index is 0.266. The molecule has 0 aromatic carbocycles. The van der Waals surface area contributed by atoms with Crippen molar-refractivity contribution >= 4 is 11.8 Å². The van der Waals surface area contributed by atoms with E-state index in [9.17, 15) is 24.9 Å². The molecular weight excluding hydrogens is 316 g/mol. The van der Waals surface area contributed by atoms with Gasteiger partial charge < -0.3 is 29.6 Å². The van der Waals surface area contributed by atoms with Crippen molar-refractivity contribution in [1.82, 2.24) is 0 Å². The van der Waals surface area contributed by atoms with Crippen molar-refractivity contribution < 1.29 is 34.4 Å². The highest BCUT2D eigenvalue weighted by atomic mass is 16.7. The number of rotatable bonds is 12. The molecule has 0 saturated carbocycles. The number of unbranched alkanes of at least 4 members (excludes halogenated alkanes) is 5. The van der Waals surface area contributed by atoms with Crippen LogP contribution in [-0.4, -0.2) is 53.2 Å². The number of Topliss-reactive ketones (excluding diaryl/α,β-unsaturated/α-hetero) is 1. The quantitative estimate of drug-likeness (QED) is 0.386. The molecule has 0 unspecified atom stereocenters. The molecule has 24 heavy (non-hydrogen) atoms. The SMILES string of the molecule is C[C@@H]1O[C@@H](OCCCCCCCCC(=O)CC(=O)[O-])[C@H](O)C[C@H]1O. The normalized spacial score (nSPS) is 27.1. The second-order valence-corrected chi connectivity index (χ2v) is 6.41. The highest BCUT2D eigenvalue weighted by Crippen LogP contribution is 2.21. The molecule has 4 atom stereocenters. The summed E-state index contributed by atoms with van der Waals surface area (Å²) in [6, 6.07) is 0. The van der Waals surface area contributed by atoms with Gasteiger partial charge in [0, 0.05) is 31.8 Å². The van der Waals surface area contributed by atoms with Gasteiger partial charge in [-0.2, -0.15) is 0 Å². The molecule has 7 heteroatoms. The highest BCUT2D eigenvalue weighted by molar-refractivity contribution is 5.93. The van der Waals surface area contributed by atoms with Crippen LogP contribution in [0.25, 0.3) is 0 Å². The van der Waals surface area contributed by atoms with Crippen molar-refractivity contribution in [2.45, 2.75) is 89.3 Å². The van der Waals surface area contributed by atoms with Crippen molar-refractivity contribution in [3.8, 4) is 0 Å². The number of carboxylic acids is 1. The van der Waals surface area contributed by atoms with E-state index in [4.69, 9.17) is 9.47 Å². The van der Waals surface area contributed by atoms with Gasteiger partial charge >= 0.3 is 0 Å². The minimum Gasteiger partial charge on any atom is -0.550 e. The van der Waals surface area contributed by atoms with Gasteiger partial charge in [0.2, 0.25) is 0 Å². The molecule has 1 aliphatic rings. The van der Waals surface area contributed by atoms with Gasteiger partial charge in [-0.15, -0.1) is 0 Å². The predicted molar refractivity (Wildman–Crippen MR) is 83.9 cm³/mol. The average molecular weight is 345 g/mol. The van der Waals surface area contributed by atoms with Gasteiger partial charge in [-0.1, -0.05) is 25.7 Å². The standard InChI is InChI=1S/C17H30O7/c1-12-14(19)11-15(20)17(24-12)23-9-7-5-3-2-4-6-8-13(18)10-16(21)22/h12,14-15,17,19-20H,2-11H2,1H3,(H,21,22)/p-1/t12-,14+,15+,17+/m0/s1. The van der Waals surface area contributed by atoms with Crippen LogP contribution in [0.1, 0.15) is 64.7 Å². The van der Waals surface area contributed by atoms with Gasteiger partial charge in [-0.25, -0.2) is 0 Å². The lowest BCUT2D eigenvalue weighted by Crippen LogP contribution is -2.47. The summed E-state index contributed by atoms with van der Waals surface area (Å²) >= 11 is 0. The Morgan fingerprint density at radius 2 is 1.71 bits per heavy atom. The number of aliphatic carboxylic acids is 1. The third-order valence-corrected chi connectivity index (χ3v) is 4.16. The van der Waals surface area contributed by atoms with Crippen LogP contribution >= 0.6 is 0 Å². The van der Waals surface area contributed by atoms with Crippen LogP contribution in [0.2, 0.25) is 0 Å². The fraction of sp³-hybridized carbons (Fsp3) is 0.882. The Morgan fingerprint density at radius 3 is 2.38 bits per heavy atom. The molecule has 0 aromatic heterocycles. The summed E-state index contributed by atoms with van der Waals surface area (Å²) in [6.07, 6.45) is 3.09. The molecule has 0 radical (unpaired) electrons. The molecule has 140 valence electrons. The van der Waals surface area contributed by atoms with E-state index in [1.807, 2.05) is 0 Å². The van der Waals surface area contributed by atoms with Gasteiger partial charge in [0.25, 0.3) is 0 Å². The van der Waals surface area contributed by atoms with Crippen molar-refractivity contribution in [3.05, 3.63) is 0 Å². The second-order valence-electron chi connectivity index (χ2n) is 6.41. The summed E-state index contributed by atoms with van der Waals surface area (Å²) in [5.41, 5.74) is 0. The van der Waals surface area contributed by atoms with Gasteiger partial charge in [-0.05, 0) is 19.8 Å². The maximum absolute atomic E-state index is 11.2. The number of hydrogen-bond donors (Lipinski definition) is 2. The summed E-state index contributed by atoms with van der Waals surface area (Å²) in [6.45, 7) is 2.25. The van der Waals surface area contributed by atoms with Crippen LogP contribution < -0.4 is 5.11 Å². The number of aliphatic hydroxyl groups excluding tert-OH is 2. The Kier molecular flexibility index (Phi) is 10.1. The molecular formula is C17H29O7-. The van der Waals surface area contributed by atoms with Crippen LogP contribution in [0, 0.1) is 0 Å². The summed E-state index contributed by atoms with van der Waals surface area (Å²) in [5.74, 6) is -1.58. The van der Waals surface area contributed by atoms with E-state index in [2.05, 4.69) is 0 Å². The topological polar surface area (TPSA) is 116 Å². The smallest absolute Gasteiger partial charge is 0.183 e. The fourth-order valence-electron chi connectivity index (χ4n) is 2.67. The number of ketones is 1. The molecule has 2 N–H and O–H groups in total. The first-order valence-electron chi connectivity index (χ1n) is 8.75. The monoisotopic (exact) mass is 345 g/mol. The van der Waals surface area contributed by atoms with Crippen LogP contribution in [-0.2, 0) is 19.1 Å². The summed E-state index contributed by atoms with van der Waals surface area (Å²) in [4.78, 5) is 21.4. The predicted octanol–water partition coefficient (Wildman–Crippen LogP) is 0.300. The molecule has 0 bridgehead atoms. The van der Waals surface area contributed by atoms with Crippen molar-refractivity contribution in [1.29, 1.82) is 0 Å². The van der Waals surface area contributed by atoms with Crippen molar-refractivity contribution in [2.24, 2.45) is 0 Å². The molecule has 1 heterocycles. The van der Waals surface area contributed by atoms with Crippen LogP contribution in [0.15, 0.2) is 0 Å². The maximum atomic E-state index is 11.2. The molecule has 0 aliphatic carbocycles. The fourth-order valence-corrected chi connectivity index (χ4v) is 2.67. The number of ether oxygens (including phenoxy) is 2. The van der Waals surface area contributed by atoms with Crippen LogP contribution in [0.3, 0.4) is 0 Å². The van der Waals surface area contributed by atoms with Crippen molar-refractivity contribution in [3.63, 3.8) is 0 Å². The summed E-state index contributed by atoms with van der Waals surface area (Å²) < 4.78 is 10.9. The van der Waals surface area contributed by atoms with E-state index in [0.717, 1.165) is 32.1 Å². The lowest BCUT2D eigenvalue weighted by Gasteiger charge is -2.35. The molecule has 1 rings (SSSR count). The summed E-state index contributed by atoms with van der Waals surface area (Å²) in [5, 5.41) is 29.6. The van der Waals surface area contributed by atoms with Gasteiger partial charge in [0.1, 0.15) is 11.9 Å². The first kappa shape index (κ1) is 21.0. The minimum atomic E-state index is -1.31. The lowest BCUT2D eigenvalue weighted by atomic mass is 10.0. The molecule has 0 aromatic rings. The Balaban J connectivity index is 1.94. The zero-order valence-electron chi connectivity index (χ0n) is 14.3. The van der Waals surface area contributed by atoms with Crippen LogP contribution in [0.4, 0.5) is 0 Å². The number of carboxylic acid groups (broad SMARTS) is 1. The second kappa shape index (κ2) is 11.5. The zero-order valence-corrected chi connectivity index (χ0v) is 14.3. The Hall–Kier alpha value is -1.02. The number of carbonyl (C=O) groups is 2. The Morgan fingerprint density at radius 1 is 1.08 bits per heavy atom. The van der Waals surface area contributed by atoms with Crippen molar-refractivity contribution in [2.75, 3.05) is 6.61 Å². The third-order valence-electron chi connectivity index (χ3n) is 4.16. The molecule has 0 amide bonds. The van der Waals surface area contributed by atoms with E-state index in [-0.39, 0.29) is 18.3 Å². The first-order chi connectivity index (χ1) is 11.4. The summed E-state index contributed by atoms with van der Waals surface area (Å²) in [7, 11) is 0. The zero-order chi connectivity index (χ0) is 17.9. The number of carbonyl (C=O) groups excluding carboxylic acids is 2. The van der Waals surface area contributed by atoms with Gasteiger partial charge in [-0.3, -0.25) is 4.79 Å². The Labute approximate surface area is 143 Å². The van der Waals surface area contributed by atoms with Crippen LogP contribution in [0.5, 0.6) is 0 Å². The molecule has 7 nitrogen and oxygen atoms in total. The van der Waals surface area contributed by atoms with E-state index in [1.54, 1.807) is 6.92 Å². The first-order valence-corrected chi connectivity index (χ1v) is 8.75. The molecule has 1 fully saturated rings. The average Bonchev–Trinajstić information content (AvgIpc) is 2.49. The maximum Gasteiger partial charge on any atom is 0.183 e.